The molecule has 4 rings (SSSR count). The first-order chi connectivity index (χ1) is 15.0. The van der Waals surface area contributed by atoms with Crippen LogP contribution in [0.1, 0.15) is 18.1 Å². The molecule has 0 saturated heterocycles. The van der Waals surface area contributed by atoms with Crippen LogP contribution in [-0.2, 0) is 29.6 Å². The van der Waals surface area contributed by atoms with Crippen LogP contribution >= 0.6 is 0 Å². The molecule has 0 aliphatic heterocycles. The molecule has 0 amide bonds. The molecule has 0 spiro atoms. The first kappa shape index (κ1) is 20.3. The first-order valence-corrected chi connectivity index (χ1v) is 9.62. The van der Waals surface area contributed by atoms with E-state index in [0.29, 0.717) is 28.3 Å². The third-order valence-electron chi connectivity index (χ3n) is 4.78. The molecule has 158 valence electrons. The number of esters is 1. The average molecular weight is 420 g/mol. The number of benzene rings is 2. The lowest BCUT2D eigenvalue weighted by Crippen LogP contribution is -2.23. The maximum atomic E-state index is 12.4. The van der Waals surface area contributed by atoms with E-state index in [-0.39, 0.29) is 30.9 Å². The monoisotopic (exact) mass is 420 g/mol. The summed E-state index contributed by atoms with van der Waals surface area (Å²) in [5.41, 5.74) is 1.18. The van der Waals surface area contributed by atoms with E-state index < -0.39 is 5.97 Å². The molecule has 0 saturated carbocycles. The molecule has 0 bridgehead atoms. The van der Waals surface area contributed by atoms with Crippen LogP contribution in [0.4, 0.5) is 0 Å². The number of carbonyl (C=O) groups excluding carboxylic acids is 1. The van der Waals surface area contributed by atoms with Crippen molar-refractivity contribution in [3.05, 3.63) is 70.6 Å². The molecule has 0 aliphatic carbocycles. The van der Waals surface area contributed by atoms with Gasteiger partial charge in [-0.15, -0.1) is 0 Å². The number of aromatic nitrogens is 4. The molecule has 0 atom stereocenters. The van der Waals surface area contributed by atoms with Gasteiger partial charge in [-0.1, -0.05) is 29.4 Å². The highest BCUT2D eigenvalue weighted by atomic mass is 16.6. The average Bonchev–Trinajstić information content (AvgIpc) is 3.28. The Labute approximate surface area is 177 Å². The van der Waals surface area contributed by atoms with Crippen LogP contribution in [-0.4, -0.2) is 32.8 Å². The van der Waals surface area contributed by atoms with Gasteiger partial charge < -0.3 is 14.0 Å². The lowest BCUT2D eigenvalue weighted by atomic mass is 10.2. The molecule has 31 heavy (non-hydrogen) atoms. The fourth-order valence-corrected chi connectivity index (χ4v) is 3.11. The fourth-order valence-electron chi connectivity index (χ4n) is 3.11. The predicted molar refractivity (Wildman–Crippen MR) is 111 cm³/mol. The summed E-state index contributed by atoms with van der Waals surface area (Å²) >= 11 is 0. The largest absolute Gasteiger partial charge is 0.497 e. The number of para-hydroxylation sites is 1. The molecule has 0 aliphatic rings. The third kappa shape index (κ3) is 4.45. The number of hydrogen-bond donors (Lipinski definition) is 0. The molecule has 0 N–H and O–H groups in total. The number of fused-ring (bicyclic) bond motifs is 1. The zero-order valence-electron chi connectivity index (χ0n) is 17.1. The summed E-state index contributed by atoms with van der Waals surface area (Å²) in [4.78, 5) is 33.3. The Balaban J connectivity index is 1.36. The minimum absolute atomic E-state index is 0.0650. The van der Waals surface area contributed by atoms with Gasteiger partial charge in [0.15, 0.2) is 6.61 Å². The van der Waals surface area contributed by atoms with E-state index >= 15 is 0 Å². The van der Waals surface area contributed by atoms with Crippen molar-refractivity contribution >= 4 is 16.9 Å². The Morgan fingerprint density at radius 3 is 2.81 bits per heavy atom. The predicted octanol–water partition coefficient (Wildman–Crippen LogP) is 2.67. The molecule has 0 fully saturated rings. The van der Waals surface area contributed by atoms with E-state index in [2.05, 4.69) is 15.1 Å². The van der Waals surface area contributed by atoms with Crippen LogP contribution in [0, 0.1) is 0 Å². The highest BCUT2D eigenvalue weighted by Gasteiger charge is 2.14. The molecule has 2 aromatic carbocycles. The van der Waals surface area contributed by atoms with Crippen LogP contribution in [0.2, 0.25) is 0 Å². The number of ether oxygens (including phenoxy) is 2. The van der Waals surface area contributed by atoms with Gasteiger partial charge in [0.25, 0.3) is 11.4 Å². The topological polar surface area (TPSA) is 109 Å². The first-order valence-electron chi connectivity index (χ1n) is 9.62. The Hall–Kier alpha value is -4.01. The van der Waals surface area contributed by atoms with Crippen molar-refractivity contribution in [2.75, 3.05) is 7.11 Å². The van der Waals surface area contributed by atoms with Gasteiger partial charge >= 0.3 is 5.97 Å². The molecule has 9 heteroatoms. The fraction of sp³-hybridized carbons (Fsp3) is 0.227. The lowest BCUT2D eigenvalue weighted by molar-refractivity contribution is -0.145. The summed E-state index contributed by atoms with van der Waals surface area (Å²) in [7, 11) is 3.21. The molecule has 9 nitrogen and oxygen atoms in total. The minimum atomic E-state index is -0.455. The van der Waals surface area contributed by atoms with Crippen molar-refractivity contribution in [1.29, 1.82) is 0 Å². The van der Waals surface area contributed by atoms with Crippen molar-refractivity contribution < 1.29 is 18.8 Å². The molecular formula is C22H20N4O5. The van der Waals surface area contributed by atoms with Crippen molar-refractivity contribution in [2.45, 2.75) is 19.4 Å². The van der Waals surface area contributed by atoms with Gasteiger partial charge in [0.05, 0.1) is 24.4 Å². The summed E-state index contributed by atoms with van der Waals surface area (Å²) in [6, 6.07) is 14.3. The van der Waals surface area contributed by atoms with E-state index in [0.717, 1.165) is 5.56 Å². The van der Waals surface area contributed by atoms with Crippen molar-refractivity contribution in [2.24, 2.45) is 7.05 Å². The quantitative estimate of drug-likeness (QED) is 0.420. The van der Waals surface area contributed by atoms with Gasteiger partial charge in [0.2, 0.25) is 5.82 Å². The van der Waals surface area contributed by atoms with E-state index in [9.17, 15) is 9.59 Å². The van der Waals surface area contributed by atoms with Crippen LogP contribution in [0.5, 0.6) is 5.75 Å². The second-order valence-electron chi connectivity index (χ2n) is 6.81. The summed E-state index contributed by atoms with van der Waals surface area (Å²) in [6.45, 7) is -0.139. The Morgan fingerprint density at radius 2 is 1.97 bits per heavy atom. The molecule has 4 aromatic rings. The van der Waals surface area contributed by atoms with Crippen LogP contribution in [0.15, 0.2) is 57.8 Å². The number of aryl methyl sites for hydroxylation is 1. The van der Waals surface area contributed by atoms with Crippen LogP contribution in [0.3, 0.4) is 0 Å². The van der Waals surface area contributed by atoms with E-state index in [1.165, 1.54) is 4.57 Å². The second-order valence-corrected chi connectivity index (χ2v) is 6.81. The molecule has 2 aromatic heterocycles. The zero-order chi connectivity index (χ0) is 21.8. The van der Waals surface area contributed by atoms with Gasteiger partial charge in [-0.25, -0.2) is 4.98 Å². The van der Waals surface area contributed by atoms with E-state index in [1.54, 1.807) is 38.4 Å². The van der Waals surface area contributed by atoms with E-state index in [1.807, 2.05) is 24.3 Å². The highest BCUT2D eigenvalue weighted by molar-refractivity contribution is 5.77. The molecule has 0 unspecified atom stereocenters. The van der Waals surface area contributed by atoms with Crippen molar-refractivity contribution in [1.82, 2.24) is 19.7 Å². The molecular weight excluding hydrogens is 400 g/mol. The summed E-state index contributed by atoms with van der Waals surface area (Å²) < 4.78 is 17.0. The number of rotatable bonds is 7. The maximum Gasteiger partial charge on any atom is 0.306 e. The second kappa shape index (κ2) is 8.78. The maximum absolute atomic E-state index is 12.4. The van der Waals surface area contributed by atoms with Gasteiger partial charge in [0.1, 0.15) is 11.6 Å². The SMILES string of the molecule is COc1cccc(-c2noc(COC(=O)CCc3nc4ccccc4c(=O)n3C)n2)c1. The van der Waals surface area contributed by atoms with Crippen LogP contribution in [0.25, 0.3) is 22.3 Å². The number of hydrogen-bond acceptors (Lipinski definition) is 8. The zero-order valence-corrected chi connectivity index (χ0v) is 17.1. The number of nitrogens with zero attached hydrogens (tertiary/aromatic N) is 4. The van der Waals surface area contributed by atoms with Gasteiger partial charge in [-0.2, -0.15) is 4.98 Å². The normalized spacial score (nSPS) is 10.9. The summed E-state index contributed by atoms with van der Waals surface area (Å²) in [6.07, 6.45) is 0.337. The Morgan fingerprint density at radius 1 is 1.13 bits per heavy atom. The van der Waals surface area contributed by atoms with Gasteiger partial charge in [-0.3, -0.25) is 14.2 Å². The highest BCUT2D eigenvalue weighted by Crippen LogP contribution is 2.21. The van der Waals surface area contributed by atoms with Crippen molar-refractivity contribution in [3.8, 4) is 17.1 Å². The Bertz CT molecular complexity index is 1290. The van der Waals surface area contributed by atoms with Crippen molar-refractivity contribution in [3.63, 3.8) is 0 Å². The smallest absolute Gasteiger partial charge is 0.306 e. The van der Waals surface area contributed by atoms with E-state index in [4.69, 9.17) is 14.0 Å². The Kier molecular flexibility index (Phi) is 5.74. The summed E-state index contributed by atoms with van der Waals surface area (Å²) in [5, 5.41) is 4.44. The molecule has 2 heterocycles. The van der Waals surface area contributed by atoms with Crippen LogP contribution < -0.4 is 10.3 Å². The minimum Gasteiger partial charge on any atom is -0.497 e. The van der Waals surface area contributed by atoms with Gasteiger partial charge in [-0.05, 0) is 24.3 Å². The third-order valence-corrected chi connectivity index (χ3v) is 4.78. The number of methoxy groups -OCH3 is 1. The molecule has 0 radical (unpaired) electrons. The van der Waals surface area contributed by atoms with Gasteiger partial charge in [0, 0.05) is 19.0 Å². The standard InChI is InChI=1S/C22H20N4O5/c1-26-18(23-17-9-4-3-8-16(17)22(26)28)10-11-20(27)30-13-19-24-21(25-31-19)14-6-5-7-15(12-14)29-2/h3-9,12H,10-11,13H2,1-2H3. The number of carbonyl (C=O) groups is 1. The summed E-state index contributed by atoms with van der Waals surface area (Å²) in [5.74, 6) is 1.29. The lowest BCUT2D eigenvalue weighted by Gasteiger charge is -2.08.